The molecule has 0 amide bonds. The predicted molar refractivity (Wildman–Crippen MR) is 63.0 cm³/mol. The molecule has 1 heterocycles. The molecule has 0 bridgehead atoms. The third-order valence-electron chi connectivity index (χ3n) is 4.99. The maximum absolute atomic E-state index is 5.62. The summed E-state index contributed by atoms with van der Waals surface area (Å²) in [6, 6.07) is 0. The maximum atomic E-state index is 5.62. The minimum atomic E-state index is 0.158. The van der Waals surface area contributed by atoms with Crippen LogP contribution in [0.15, 0.2) is 0 Å². The second-order valence-electron chi connectivity index (χ2n) is 6.00. The summed E-state index contributed by atoms with van der Waals surface area (Å²) in [6.45, 7) is 7.21. The Morgan fingerprint density at radius 3 is 2.27 bits per heavy atom. The van der Waals surface area contributed by atoms with E-state index in [9.17, 15) is 0 Å². The van der Waals surface area contributed by atoms with E-state index in [1.165, 1.54) is 45.2 Å². The number of ether oxygens (including phenoxy) is 1. The Morgan fingerprint density at radius 2 is 1.80 bits per heavy atom. The second-order valence-corrected chi connectivity index (χ2v) is 6.00. The molecule has 1 aliphatic heterocycles. The van der Waals surface area contributed by atoms with Crippen molar-refractivity contribution in [3.8, 4) is 0 Å². The van der Waals surface area contributed by atoms with Gasteiger partial charge in [0.25, 0.3) is 0 Å². The lowest BCUT2D eigenvalue weighted by molar-refractivity contribution is -0.0607. The van der Waals surface area contributed by atoms with Gasteiger partial charge in [0, 0.05) is 7.11 Å². The molecular weight excluding hydrogens is 186 g/mol. The van der Waals surface area contributed by atoms with Crippen molar-refractivity contribution >= 4 is 0 Å². The van der Waals surface area contributed by atoms with Crippen molar-refractivity contribution in [3.05, 3.63) is 0 Å². The Balaban J connectivity index is 1.96. The first-order valence-corrected chi connectivity index (χ1v) is 6.34. The van der Waals surface area contributed by atoms with Crippen molar-refractivity contribution in [1.29, 1.82) is 0 Å². The molecule has 15 heavy (non-hydrogen) atoms. The Bertz CT molecular complexity index is 213. The Hall–Kier alpha value is -0.0800. The van der Waals surface area contributed by atoms with E-state index < -0.39 is 0 Å². The van der Waals surface area contributed by atoms with Gasteiger partial charge < -0.3 is 10.1 Å². The molecule has 0 spiro atoms. The van der Waals surface area contributed by atoms with Crippen LogP contribution in [0.2, 0.25) is 0 Å². The first-order chi connectivity index (χ1) is 7.08. The van der Waals surface area contributed by atoms with Crippen LogP contribution in [-0.2, 0) is 4.74 Å². The topological polar surface area (TPSA) is 21.3 Å². The van der Waals surface area contributed by atoms with Gasteiger partial charge in [0.2, 0.25) is 0 Å². The average Bonchev–Trinajstić information content (AvgIpc) is 2.77. The highest BCUT2D eigenvalue weighted by Crippen LogP contribution is 2.48. The van der Waals surface area contributed by atoms with Gasteiger partial charge in [-0.3, -0.25) is 0 Å². The van der Waals surface area contributed by atoms with E-state index in [4.69, 9.17) is 4.74 Å². The zero-order valence-corrected chi connectivity index (χ0v) is 10.4. The van der Waals surface area contributed by atoms with E-state index in [2.05, 4.69) is 19.2 Å². The van der Waals surface area contributed by atoms with Crippen LogP contribution in [0, 0.1) is 11.3 Å². The quantitative estimate of drug-likeness (QED) is 0.758. The van der Waals surface area contributed by atoms with Crippen LogP contribution in [0.5, 0.6) is 0 Å². The molecule has 0 radical (unpaired) electrons. The second kappa shape index (κ2) is 4.06. The van der Waals surface area contributed by atoms with Crippen LogP contribution < -0.4 is 5.32 Å². The number of nitrogens with one attached hydrogen (secondary N) is 1. The van der Waals surface area contributed by atoms with Gasteiger partial charge in [0.15, 0.2) is 0 Å². The summed E-state index contributed by atoms with van der Waals surface area (Å²) < 4.78 is 5.62. The highest BCUT2D eigenvalue weighted by molar-refractivity contribution is 4.95. The van der Waals surface area contributed by atoms with Gasteiger partial charge in [-0.05, 0) is 63.5 Å². The Labute approximate surface area is 93.8 Å². The fourth-order valence-electron chi connectivity index (χ4n) is 3.21. The monoisotopic (exact) mass is 211 g/mol. The molecule has 2 heteroatoms. The van der Waals surface area contributed by atoms with Crippen molar-refractivity contribution in [3.63, 3.8) is 0 Å². The van der Waals surface area contributed by atoms with Crippen molar-refractivity contribution in [1.82, 2.24) is 5.32 Å². The largest absolute Gasteiger partial charge is 0.379 e. The van der Waals surface area contributed by atoms with Gasteiger partial charge in [0.05, 0.1) is 5.60 Å². The first-order valence-electron chi connectivity index (χ1n) is 6.34. The lowest BCUT2D eigenvalue weighted by Crippen LogP contribution is -2.41. The number of hydrogen-bond donors (Lipinski definition) is 1. The van der Waals surface area contributed by atoms with E-state index in [1.807, 2.05) is 7.11 Å². The van der Waals surface area contributed by atoms with E-state index in [0.29, 0.717) is 5.41 Å². The molecular formula is C13H25NO. The molecule has 0 aromatic heterocycles. The molecule has 2 nitrogen and oxygen atoms in total. The van der Waals surface area contributed by atoms with Gasteiger partial charge in [0.1, 0.15) is 0 Å². The fraction of sp³-hybridized carbons (Fsp3) is 1.00. The molecule has 1 saturated carbocycles. The first kappa shape index (κ1) is 11.4. The maximum Gasteiger partial charge on any atom is 0.0651 e. The number of hydrogen-bond acceptors (Lipinski definition) is 2. The molecule has 0 aromatic carbocycles. The highest BCUT2D eigenvalue weighted by atomic mass is 16.5. The predicted octanol–water partition coefficient (Wildman–Crippen LogP) is 2.58. The summed E-state index contributed by atoms with van der Waals surface area (Å²) in [6.07, 6.45) is 6.51. The molecule has 1 saturated heterocycles. The molecule has 1 atom stereocenters. The van der Waals surface area contributed by atoms with Crippen LogP contribution in [0.25, 0.3) is 0 Å². The minimum Gasteiger partial charge on any atom is -0.379 e. The van der Waals surface area contributed by atoms with Gasteiger partial charge in [-0.2, -0.15) is 0 Å². The van der Waals surface area contributed by atoms with Crippen LogP contribution in [0.3, 0.4) is 0 Å². The Kier molecular flexibility index (Phi) is 3.09. The molecule has 88 valence electrons. The van der Waals surface area contributed by atoms with Crippen molar-refractivity contribution < 1.29 is 4.74 Å². The van der Waals surface area contributed by atoms with Gasteiger partial charge >= 0.3 is 0 Å². The molecule has 1 unspecified atom stereocenters. The summed E-state index contributed by atoms with van der Waals surface area (Å²) in [5.74, 6) is 0.902. The Morgan fingerprint density at radius 1 is 1.13 bits per heavy atom. The summed E-state index contributed by atoms with van der Waals surface area (Å²) in [5.41, 5.74) is 0.729. The molecule has 1 aliphatic carbocycles. The summed E-state index contributed by atoms with van der Waals surface area (Å²) >= 11 is 0. The summed E-state index contributed by atoms with van der Waals surface area (Å²) in [5, 5.41) is 3.50. The van der Waals surface area contributed by atoms with E-state index in [-0.39, 0.29) is 5.60 Å². The zero-order chi connectivity index (χ0) is 10.9. The standard InChI is InChI=1S/C13H25NO/c1-12(11-4-9-14-10-11)5-7-13(2,15-3)8-6-12/h11,14H,4-10H2,1-3H3. The third-order valence-corrected chi connectivity index (χ3v) is 4.99. The van der Waals surface area contributed by atoms with Crippen molar-refractivity contribution in [2.24, 2.45) is 11.3 Å². The smallest absolute Gasteiger partial charge is 0.0651 e. The SMILES string of the molecule is COC1(C)CCC(C)(C2CCNC2)CC1. The third kappa shape index (κ3) is 2.21. The molecule has 1 N–H and O–H groups in total. The lowest BCUT2D eigenvalue weighted by Gasteiger charge is -2.45. The summed E-state index contributed by atoms with van der Waals surface area (Å²) in [4.78, 5) is 0. The highest BCUT2D eigenvalue weighted by Gasteiger charge is 2.42. The van der Waals surface area contributed by atoms with Gasteiger partial charge in [-0.15, -0.1) is 0 Å². The molecule has 2 fully saturated rings. The number of methoxy groups -OCH3 is 1. The van der Waals surface area contributed by atoms with Crippen molar-refractivity contribution in [2.75, 3.05) is 20.2 Å². The lowest BCUT2D eigenvalue weighted by atomic mass is 9.63. The normalized spacial score (nSPS) is 47.0. The van der Waals surface area contributed by atoms with Gasteiger partial charge in [-0.25, -0.2) is 0 Å². The van der Waals surface area contributed by atoms with E-state index >= 15 is 0 Å². The molecule has 2 aliphatic rings. The van der Waals surface area contributed by atoms with Crippen LogP contribution in [0.4, 0.5) is 0 Å². The van der Waals surface area contributed by atoms with Gasteiger partial charge in [-0.1, -0.05) is 6.92 Å². The minimum absolute atomic E-state index is 0.158. The van der Waals surface area contributed by atoms with E-state index in [1.54, 1.807) is 0 Å². The number of rotatable bonds is 2. The van der Waals surface area contributed by atoms with Crippen LogP contribution >= 0.6 is 0 Å². The van der Waals surface area contributed by atoms with Crippen LogP contribution in [-0.4, -0.2) is 25.8 Å². The molecule has 0 aromatic rings. The zero-order valence-electron chi connectivity index (χ0n) is 10.4. The van der Waals surface area contributed by atoms with Crippen LogP contribution in [0.1, 0.15) is 46.0 Å². The fourth-order valence-corrected chi connectivity index (χ4v) is 3.21. The molecule has 2 rings (SSSR count). The summed E-state index contributed by atoms with van der Waals surface area (Å²) in [7, 11) is 1.86. The van der Waals surface area contributed by atoms with Crippen molar-refractivity contribution in [2.45, 2.75) is 51.6 Å². The van der Waals surface area contributed by atoms with E-state index in [0.717, 1.165) is 5.92 Å². The average molecular weight is 211 g/mol.